The number of carbonyl (C=O) groups is 1. The molecular formula is C12H19N3O2. The lowest BCUT2D eigenvalue weighted by Crippen LogP contribution is -2.12. The Morgan fingerprint density at radius 2 is 2.29 bits per heavy atom. The molecule has 0 fully saturated rings. The summed E-state index contributed by atoms with van der Waals surface area (Å²) in [5.74, 6) is 0.675. The number of aromatic nitrogens is 2. The zero-order valence-electron chi connectivity index (χ0n) is 10.6. The number of carbonyl (C=O) groups excluding carboxylic acids is 1. The normalized spacial score (nSPS) is 10.4. The average Bonchev–Trinajstić information content (AvgIpc) is 2.29. The number of esters is 1. The van der Waals surface area contributed by atoms with E-state index in [1.54, 1.807) is 19.2 Å². The van der Waals surface area contributed by atoms with E-state index in [0.717, 1.165) is 13.0 Å². The Hall–Kier alpha value is -1.65. The fourth-order valence-corrected chi connectivity index (χ4v) is 1.24. The summed E-state index contributed by atoms with van der Waals surface area (Å²) in [7, 11) is 0. The second-order valence-corrected chi connectivity index (χ2v) is 4.10. The van der Waals surface area contributed by atoms with Crippen LogP contribution in [0.1, 0.15) is 37.7 Å². The molecule has 17 heavy (non-hydrogen) atoms. The summed E-state index contributed by atoms with van der Waals surface area (Å²) in [5, 5.41) is 3.08. The minimum absolute atomic E-state index is 0.286. The van der Waals surface area contributed by atoms with Gasteiger partial charge in [-0.3, -0.25) is 0 Å². The van der Waals surface area contributed by atoms with Gasteiger partial charge in [0.2, 0.25) is 5.95 Å². The summed E-state index contributed by atoms with van der Waals surface area (Å²) >= 11 is 0. The summed E-state index contributed by atoms with van der Waals surface area (Å²) in [6, 6.07) is 1.55. The van der Waals surface area contributed by atoms with Crippen LogP contribution in [0.2, 0.25) is 0 Å². The molecule has 0 atom stereocenters. The molecule has 5 nitrogen and oxygen atoms in total. The van der Waals surface area contributed by atoms with Gasteiger partial charge in [0.05, 0.1) is 6.61 Å². The molecule has 0 saturated heterocycles. The lowest BCUT2D eigenvalue weighted by atomic mass is 10.1. The van der Waals surface area contributed by atoms with Crippen LogP contribution in [0.25, 0.3) is 0 Å². The lowest BCUT2D eigenvalue weighted by molar-refractivity contribution is 0.0519. The minimum Gasteiger partial charge on any atom is -0.461 e. The van der Waals surface area contributed by atoms with Crippen LogP contribution in [-0.2, 0) is 4.74 Å². The third-order valence-electron chi connectivity index (χ3n) is 2.14. The molecule has 0 bridgehead atoms. The van der Waals surface area contributed by atoms with Crippen LogP contribution in [0.5, 0.6) is 0 Å². The second kappa shape index (κ2) is 6.83. The topological polar surface area (TPSA) is 64.1 Å². The third kappa shape index (κ3) is 4.80. The number of anilines is 1. The van der Waals surface area contributed by atoms with E-state index in [1.807, 2.05) is 0 Å². The zero-order valence-corrected chi connectivity index (χ0v) is 10.6. The molecule has 94 valence electrons. The van der Waals surface area contributed by atoms with E-state index in [9.17, 15) is 4.79 Å². The fraction of sp³-hybridized carbons (Fsp3) is 0.583. The molecule has 0 saturated carbocycles. The molecule has 0 spiro atoms. The predicted molar refractivity (Wildman–Crippen MR) is 65.9 cm³/mol. The Morgan fingerprint density at radius 1 is 1.53 bits per heavy atom. The molecule has 1 aromatic rings. The molecule has 0 amide bonds. The maximum atomic E-state index is 11.4. The van der Waals surface area contributed by atoms with Crippen molar-refractivity contribution in [2.75, 3.05) is 18.5 Å². The van der Waals surface area contributed by atoms with Gasteiger partial charge in [-0.05, 0) is 25.3 Å². The average molecular weight is 237 g/mol. The highest BCUT2D eigenvalue weighted by molar-refractivity contribution is 5.87. The minimum atomic E-state index is -0.415. The Kier molecular flexibility index (Phi) is 5.39. The van der Waals surface area contributed by atoms with Gasteiger partial charge in [-0.25, -0.2) is 14.8 Å². The highest BCUT2D eigenvalue weighted by Gasteiger charge is 2.09. The van der Waals surface area contributed by atoms with E-state index in [4.69, 9.17) is 4.74 Å². The van der Waals surface area contributed by atoms with Crippen molar-refractivity contribution in [3.05, 3.63) is 18.0 Å². The molecule has 5 heteroatoms. The monoisotopic (exact) mass is 237 g/mol. The van der Waals surface area contributed by atoms with E-state index < -0.39 is 5.97 Å². The van der Waals surface area contributed by atoms with Crippen molar-refractivity contribution < 1.29 is 9.53 Å². The number of rotatable bonds is 6. The zero-order chi connectivity index (χ0) is 12.7. The van der Waals surface area contributed by atoms with Crippen molar-refractivity contribution in [1.82, 2.24) is 9.97 Å². The van der Waals surface area contributed by atoms with Crippen LogP contribution in [-0.4, -0.2) is 29.1 Å². The number of nitrogens with zero attached hydrogens (tertiary/aromatic N) is 2. The first-order valence-corrected chi connectivity index (χ1v) is 5.87. The first-order chi connectivity index (χ1) is 8.13. The van der Waals surface area contributed by atoms with Crippen molar-refractivity contribution in [2.24, 2.45) is 5.92 Å². The van der Waals surface area contributed by atoms with Crippen LogP contribution >= 0.6 is 0 Å². The predicted octanol–water partition coefficient (Wildman–Crippen LogP) is 2.11. The summed E-state index contributed by atoms with van der Waals surface area (Å²) in [4.78, 5) is 19.6. The van der Waals surface area contributed by atoms with E-state index in [1.165, 1.54) is 0 Å². The van der Waals surface area contributed by atoms with Gasteiger partial charge in [0.25, 0.3) is 0 Å². The van der Waals surface area contributed by atoms with E-state index in [0.29, 0.717) is 18.5 Å². The highest BCUT2D eigenvalue weighted by atomic mass is 16.5. The Morgan fingerprint density at radius 3 is 2.94 bits per heavy atom. The van der Waals surface area contributed by atoms with E-state index in [2.05, 4.69) is 29.1 Å². The van der Waals surface area contributed by atoms with Gasteiger partial charge >= 0.3 is 5.97 Å². The Balaban J connectivity index is 2.56. The molecule has 0 aromatic carbocycles. The van der Waals surface area contributed by atoms with Crippen molar-refractivity contribution >= 4 is 11.9 Å². The van der Waals surface area contributed by atoms with Crippen LogP contribution in [0.4, 0.5) is 5.95 Å². The standard InChI is InChI=1S/C12H19N3O2/c1-4-17-11(16)10-6-8-14-12(15-10)13-7-5-9(2)3/h6,8-9H,4-5,7H2,1-3H3,(H,13,14,15). The molecule has 0 aliphatic rings. The SMILES string of the molecule is CCOC(=O)c1ccnc(NCCC(C)C)n1. The van der Waals surface area contributed by atoms with Crippen LogP contribution in [0.15, 0.2) is 12.3 Å². The molecule has 1 heterocycles. The first kappa shape index (κ1) is 13.4. The van der Waals surface area contributed by atoms with E-state index >= 15 is 0 Å². The van der Waals surface area contributed by atoms with Gasteiger partial charge in [-0.15, -0.1) is 0 Å². The third-order valence-corrected chi connectivity index (χ3v) is 2.14. The van der Waals surface area contributed by atoms with Gasteiger partial charge in [-0.1, -0.05) is 13.8 Å². The van der Waals surface area contributed by atoms with Gasteiger partial charge in [0.1, 0.15) is 0 Å². The molecule has 0 radical (unpaired) electrons. The summed E-state index contributed by atoms with van der Waals surface area (Å²) in [6.07, 6.45) is 2.59. The fourth-order valence-electron chi connectivity index (χ4n) is 1.24. The highest BCUT2D eigenvalue weighted by Crippen LogP contribution is 2.04. The smallest absolute Gasteiger partial charge is 0.357 e. The molecule has 0 aliphatic heterocycles. The molecular weight excluding hydrogens is 218 g/mol. The molecule has 1 rings (SSSR count). The summed E-state index contributed by atoms with van der Waals surface area (Å²) in [6.45, 7) is 7.21. The van der Waals surface area contributed by atoms with E-state index in [-0.39, 0.29) is 5.69 Å². The van der Waals surface area contributed by atoms with Crippen LogP contribution in [0.3, 0.4) is 0 Å². The number of hydrogen-bond donors (Lipinski definition) is 1. The molecule has 1 aromatic heterocycles. The van der Waals surface area contributed by atoms with Crippen LogP contribution < -0.4 is 5.32 Å². The van der Waals surface area contributed by atoms with Gasteiger partial charge < -0.3 is 10.1 Å². The van der Waals surface area contributed by atoms with Gasteiger partial charge in [0.15, 0.2) is 5.69 Å². The van der Waals surface area contributed by atoms with Crippen molar-refractivity contribution in [3.63, 3.8) is 0 Å². The molecule has 1 N–H and O–H groups in total. The molecule has 0 unspecified atom stereocenters. The Bertz CT molecular complexity index is 367. The number of nitrogens with one attached hydrogen (secondary N) is 1. The Labute approximate surface area is 102 Å². The summed E-state index contributed by atoms with van der Waals surface area (Å²) < 4.78 is 4.87. The molecule has 0 aliphatic carbocycles. The van der Waals surface area contributed by atoms with Crippen LogP contribution in [0, 0.1) is 5.92 Å². The van der Waals surface area contributed by atoms with Crippen molar-refractivity contribution in [1.29, 1.82) is 0 Å². The number of hydrogen-bond acceptors (Lipinski definition) is 5. The van der Waals surface area contributed by atoms with Crippen molar-refractivity contribution in [2.45, 2.75) is 27.2 Å². The number of ether oxygens (including phenoxy) is 1. The maximum absolute atomic E-state index is 11.4. The van der Waals surface area contributed by atoms with Crippen molar-refractivity contribution in [3.8, 4) is 0 Å². The van der Waals surface area contributed by atoms with Gasteiger partial charge in [-0.2, -0.15) is 0 Å². The first-order valence-electron chi connectivity index (χ1n) is 5.87. The second-order valence-electron chi connectivity index (χ2n) is 4.10. The quantitative estimate of drug-likeness (QED) is 0.768. The van der Waals surface area contributed by atoms with Gasteiger partial charge in [0, 0.05) is 12.7 Å². The summed E-state index contributed by atoms with van der Waals surface area (Å²) in [5.41, 5.74) is 0.286. The maximum Gasteiger partial charge on any atom is 0.357 e. The largest absolute Gasteiger partial charge is 0.461 e. The lowest BCUT2D eigenvalue weighted by Gasteiger charge is -2.07.